The van der Waals surface area contributed by atoms with Crippen molar-refractivity contribution >= 4 is 23.2 Å². The topological polar surface area (TPSA) is 67.4 Å². The van der Waals surface area contributed by atoms with Crippen molar-refractivity contribution in [3.05, 3.63) is 52.6 Å². The Balaban J connectivity index is 1.74. The molecule has 0 radical (unpaired) electrons. The summed E-state index contributed by atoms with van der Waals surface area (Å²) in [5, 5.41) is 5.74. The Bertz CT molecular complexity index is 804. The van der Waals surface area contributed by atoms with E-state index in [0.717, 1.165) is 22.4 Å². The number of carbonyl (C=O) groups is 2. The van der Waals surface area contributed by atoms with Crippen molar-refractivity contribution in [3.8, 4) is 5.75 Å². The molecule has 2 aromatic rings. The van der Waals surface area contributed by atoms with Crippen LogP contribution in [0.3, 0.4) is 0 Å². The van der Waals surface area contributed by atoms with Crippen molar-refractivity contribution in [3.63, 3.8) is 0 Å². The molecule has 2 aromatic carbocycles. The molecule has 5 nitrogen and oxygen atoms in total. The highest BCUT2D eigenvalue weighted by Crippen LogP contribution is 2.29. The van der Waals surface area contributed by atoms with Crippen molar-refractivity contribution in [1.29, 1.82) is 0 Å². The molecule has 5 heteroatoms. The molecule has 2 amide bonds. The highest BCUT2D eigenvalue weighted by molar-refractivity contribution is 5.96. The number of amides is 2. The molecule has 0 fully saturated rings. The van der Waals surface area contributed by atoms with Crippen LogP contribution in [0.2, 0.25) is 0 Å². The van der Waals surface area contributed by atoms with Crippen molar-refractivity contribution in [2.24, 2.45) is 0 Å². The van der Waals surface area contributed by atoms with E-state index in [1.54, 1.807) is 12.1 Å². The number of rotatable bonds is 3. The molecule has 0 atom stereocenters. The van der Waals surface area contributed by atoms with Gasteiger partial charge in [0.25, 0.3) is 5.91 Å². The predicted molar refractivity (Wildman–Crippen MR) is 93.6 cm³/mol. The second-order valence-corrected chi connectivity index (χ2v) is 6.17. The zero-order chi connectivity index (χ0) is 17.3. The van der Waals surface area contributed by atoms with Gasteiger partial charge in [0, 0.05) is 5.69 Å². The summed E-state index contributed by atoms with van der Waals surface area (Å²) in [5.41, 5.74) is 5.56. The number of benzene rings is 2. The van der Waals surface area contributed by atoms with Gasteiger partial charge in [-0.15, -0.1) is 0 Å². The van der Waals surface area contributed by atoms with E-state index in [-0.39, 0.29) is 24.8 Å². The number of hydrogen-bond donors (Lipinski definition) is 2. The van der Waals surface area contributed by atoms with E-state index in [9.17, 15) is 9.59 Å². The van der Waals surface area contributed by atoms with Crippen LogP contribution in [0.25, 0.3) is 0 Å². The number of anilines is 2. The first-order chi connectivity index (χ1) is 11.4. The summed E-state index contributed by atoms with van der Waals surface area (Å²) in [7, 11) is 0. The lowest BCUT2D eigenvalue weighted by Crippen LogP contribution is -2.25. The van der Waals surface area contributed by atoms with Crippen molar-refractivity contribution in [1.82, 2.24) is 0 Å². The quantitative estimate of drug-likeness (QED) is 0.911. The van der Waals surface area contributed by atoms with Crippen LogP contribution in [0.1, 0.15) is 22.3 Å². The van der Waals surface area contributed by atoms with E-state index in [1.165, 1.54) is 5.56 Å². The molecule has 1 heterocycles. The number of fused-ring (bicyclic) bond motifs is 1. The maximum absolute atomic E-state index is 12.4. The minimum atomic E-state index is -0.185. The molecular weight excluding hydrogens is 304 g/mol. The molecule has 0 aliphatic carbocycles. The molecule has 0 bridgehead atoms. The van der Waals surface area contributed by atoms with Crippen LogP contribution >= 0.6 is 0 Å². The largest absolute Gasteiger partial charge is 0.482 e. The van der Waals surface area contributed by atoms with Gasteiger partial charge in [-0.3, -0.25) is 9.59 Å². The lowest BCUT2D eigenvalue weighted by Gasteiger charge is -2.18. The van der Waals surface area contributed by atoms with E-state index >= 15 is 0 Å². The fourth-order valence-electron chi connectivity index (χ4n) is 2.99. The fraction of sp³-hybridized carbons (Fsp3) is 0.263. The highest BCUT2D eigenvalue weighted by Gasteiger charge is 2.17. The second kappa shape index (κ2) is 6.35. The number of nitrogens with one attached hydrogen (secondary N) is 2. The Labute approximate surface area is 141 Å². The zero-order valence-electron chi connectivity index (χ0n) is 14.0. The number of hydrogen-bond acceptors (Lipinski definition) is 3. The molecule has 124 valence electrons. The van der Waals surface area contributed by atoms with Gasteiger partial charge in [-0.05, 0) is 49.6 Å². The van der Waals surface area contributed by atoms with Gasteiger partial charge in [0.1, 0.15) is 5.75 Å². The van der Waals surface area contributed by atoms with Gasteiger partial charge >= 0.3 is 0 Å². The van der Waals surface area contributed by atoms with E-state index in [2.05, 4.69) is 10.6 Å². The van der Waals surface area contributed by atoms with E-state index in [4.69, 9.17) is 4.74 Å². The maximum Gasteiger partial charge on any atom is 0.262 e. The van der Waals surface area contributed by atoms with Crippen molar-refractivity contribution < 1.29 is 14.3 Å². The zero-order valence-corrected chi connectivity index (χ0v) is 14.0. The summed E-state index contributed by atoms with van der Waals surface area (Å²) in [4.78, 5) is 23.8. The summed E-state index contributed by atoms with van der Waals surface area (Å²) < 4.78 is 5.32. The van der Waals surface area contributed by atoms with Crippen molar-refractivity contribution in [2.45, 2.75) is 27.2 Å². The Morgan fingerprint density at radius 1 is 1.17 bits per heavy atom. The summed E-state index contributed by atoms with van der Waals surface area (Å²) in [5.74, 6) is 0.354. The monoisotopic (exact) mass is 324 g/mol. The number of aryl methyl sites for hydroxylation is 3. The first-order valence-electron chi connectivity index (χ1n) is 7.85. The van der Waals surface area contributed by atoms with Gasteiger partial charge in [-0.1, -0.05) is 23.8 Å². The Kier molecular flexibility index (Phi) is 4.25. The summed E-state index contributed by atoms with van der Waals surface area (Å²) in [6.45, 7) is 6.04. The molecule has 1 aliphatic rings. The third-order valence-electron chi connectivity index (χ3n) is 3.98. The molecule has 0 saturated heterocycles. The SMILES string of the molecule is Cc1cc(C)c(NC(=O)Cc2ccc3c(c2)NC(=O)CO3)c(C)c1. The molecule has 0 aromatic heterocycles. The van der Waals surface area contributed by atoms with Crippen LogP contribution < -0.4 is 15.4 Å². The lowest BCUT2D eigenvalue weighted by molar-refractivity contribution is -0.118. The molecule has 2 N–H and O–H groups in total. The van der Waals surface area contributed by atoms with Gasteiger partial charge in [-0.25, -0.2) is 0 Å². The minimum absolute atomic E-state index is 0.0266. The Morgan fingerprint density at radius 3 is 2.58 bits per heavy atom. The molecule has 3 rings (SSSR count). The standard InChI is InChI=1S/C19H20N2O3/c1-11-6-12(2)19(13(3)7-11)21-17(22)9-14-4-5-16-15(8-14)20-18(23)10-24-16/h4-8H,9-10H2,1-3H3,(H,20,23)(H,21,22). The number of ether oxygens (including phenoxy) is 1. The average Bonchev–Trinajstić information content (AvgIpc) is 2.50. The molecule has 1 aliphatic heterocycles. The summed E-state index contributed by atoms with van der Waals surface area (Å²) >= 11 is 0. The van der Waals surface area contributed by atoms with Gasteiger partial charge in [0.15, 0.2) is 6.61 Å². The van der Waals surface area contributed by atoms with E-state index in [0.29, 0.717) is 11.4 Å². The van der Waals surface area contributed by atoms with Gasteiger partial charge < -0.3 is 15.4 Å². The normalized spacial score (nSPS) is 12.9. The van der Waals surface area contributed by atoms with E-state index in [1.807, 2.05) is 39.0 Å². The highest BCUT2D eigenvalue weighted by atomic mass is 16.5. The minimum Gasteiger partial charge on any atom is -0.482 e. The predicted octanol–water partition coefficient (Wildman–Crippen LogP) is 3.12. The van der Waals surface area contributed by atoms with E-state index < -0.39 is 0 Å². The first-order valence-corrected chi connectivity index (χ1v) is 7.85. The van der Waals surface area contributed by atoms with Crippen LogP contribution in [0.5, 0.6) is 5.75 Å². The van der Waals surface area contributed by atoms with Gasteiger partial charge in [0.2, 0.25) is 5.91 Å². The molecule has 0 spiro atoms. The van der Waals surface area contributed by atoms with Crippen molar-refractivity contribution in [2.75, 3.05) is 17.2 Å². The number of carbonyl (C=O) groups excluding carboxylic acids is 2. The summed E-state index contributed by atoms with van der Waals surface area (Å²) in [6, 6.07) is 9.49. The third-order valence-corrected chi connectivity index (χ3v) is 3.98. The van der Waals surface area contributed by atoms with Crippen LogP contribution in [0.15, 0.2) is 30.3 Å². The smallest absolute Gasteiger partial charge is 0.262 e. The molecule has 0 saturated carbocycles. The molecule has 0 unspecified atom stereocenters. The van der Waals surface area contributed by atoms with Crippen LogP contribution in [0.4, 0.5) is 11.4 Å². The fourth-order valence-corrected chi connectivity index (χ4v) is 2.99. The Hall–Kier alpha value is -2.82. The third kappa shape index (κ3) is 3.40. The average molecular weight is 324 g/mol. The lowest BCUT2D eigenvalue weighted by atomic mass is 10.0. The second-order valence-electron chi connectivity index (χ2n) is 6.17. The van der Waals surface area contributed by atoms with Gasteiger partial charge in [0.05, 0.1) is 12.1 Å². The van der Waals surface area contributed by atoms with Crippen LogP contribution in [-0.2, 0) is 16.0 Å². The maximum atomic E-state index is 12.4. The Morgan fingerprint density at radius 2 is 1.88 bits per heavy atom. The molecule has 24 heavy (non-hydrogen) atoms. The molecular formula is C19H20N2O3. The summed E-state index contributed by atoms with van der Waals surface area (Å²) in [6.07, 6.45) is 0.232. The van der Waals surface area contributed by atoms with Crippen LogP contribution in [-0.4, -0.2) is 18.4 Å². The first kappa shape index (κ1) is 16.1. The van der Waals surface area contributed by atoms with Gasteiger partial charge in [-0.2, -0.15) is 0 Å². The van der Waals surface area contributed by atoms with Crippen LogP contribution in [0, 0.1) is 20.8 Å².